The zero-order valence-corrected chi connectivity index (χ0v) is 18.6. The molecular formula is C23H35N3O4. The van der Waals surface area contributed by atoms with Crippen LogP contribution in [0.1, 0.15) is 65.0 Å². The number of ether oxygens (including phenoxy) is 2. The van der Waals surface area contributed by atoms with Gasteiger partial charge in [0.15, 0.2) is 0 Å². The number of nitrogens with zero attached hydrogens (tertiary/aromatic N) is 1. The van der Waals surface area contributed by atoms with Gasteiger partial charge in [0.1, 0.15) is 11.1 Å². The van der Waals surface area contributed by atoms with Gasteiger partial charge >= 0.3 is 12.0 Å². The summed E-state index contributed by atoms with van der Waals surface area (Å²) in [6.07, 6.45) is 3.00. The second-order valence-corrected chi connectivity index (χ2v) is 9.32. The lowest BCUT2D eigenvalue weighted by Gasteiger charge is -2.32. The van der Waals surface area contributed by atoms with E-state index in [2.05, 4.69) is 22.5 Å². The molecule has 0 bridgehead atoms. The van der Waals surface area contributed by atoms with Gasteiger partial charge in [-0.05, 0) is 58.2 Å². The Morgan fingerprint density at radius 2 is 1.70 bits per heavy atom. The van der Waals surface area contributed by atoms with Gasteiger partial charge in [-0.1, -0.05) is 25.0 Å². The molecule has 1 aliphatic carbocycles. The Balaban J connectivity index is 1.60. The molecule has 0 spiro atoms. The summed E-state index contributed by atoms with van der Waals surface area (Å²) in [7, 11) is 0. The molecule has 7 nitrogen and oxygen atoms in total. The van der Waals surface area contributed by atoms with Crippen molar-refractivity contribution in [3.05, 3.63) is 29.8 Å². The first-order chi connectivity index (χ1) is 14.2. The van der Waals surface area contributed by atoms with Gasteiger partial charge in [0.25, 0.3) is 0 Å². The maximum absolute atomic E-state index is 12.8. The predicted molar refractivity (Wildman–Crippen MR) is 116 cm³/mol. The lowest BCUT2D eigenvalue weighted by molar-refractivity contribution is -0.162. The minimum atomic E-state index is -0.942. The molecule has 1 aliphatic heterocycles. The lowest BCUT2D eigenvalue weighted by Crippen LogP contribution is -2.55. The number of rotatable bonds is 5. The minimum Gasteiger partial charge on any atom is -0.458 e. The smallest absolute Gasteiger partial charge is 0.332 e. The molecular weight excluding hydrogens is 382 g/mol. The van der Waals surface area contributed by atoms with Crippen LogP contribution in [-0.2, 0) is 14.3 Å². The SMILES string of the molecule is C[C@@H](c1ccc(NC(=O)NC2(C(=O)OC(C)(C)C)CCCC2)cc1)N1CCOCC1. The summed E-state index contributed by atoms with van der Waals surface area (Å²) in [6.45, 7) is 11.1. The summed E-state index contributed by atoms with van der Waals surface area (Å²) in [5.74, 6) is -0.350. The molecule has 2 N–H and O–H groups in total. The van der Waals surface area contributed by atoms with E-state index in [-0.39, 0.29) is 12.0 Å². The molecule has 2 fully saturated rings. The van der Waals surface area contributed by atoms with Gasteiger partial charge in [-0.25, -0.2) is 9.59 Å². The van der Waals surface area contributed by atoms with E-state index in [4.69, 9.17) is 9.47 Å². The molecule has 1 saturated carbocycles. The summed E-state index contributed by atoms with van der Waals surface area (Å²) in [4.78, 5) is 27.8. The van der Waals surface area contributed by atoms with Gasteiger partial charge in [0.05, 0.1) is 13.2 Å². The highest BCUT2D eigenvalue weighted by Crippen LogP contribution is 2.32. The molecule has 0 radical (unpaired) electrons. The maximum atomic E-state index is 12.8. The Morgan fingerprint density at radius 3 is 2.27 bits per heavy atom. The quantitative estimate of drug-likeness (QED) is 0.711. The van der Waals surface area contributed by atoms with Gasteiger partial charge in [-0.3, -0.25) is 4.90 Å². The number of urea groups is 1. The third-order valence-corrected chi connectivity index (χ3v) is 5.84. The molecule has 1 saturated heterocycles. The molecule has 166 valence electrons. The molecule has 0 unspecified atom stereocenters. The first-order valence-corrected chi connectivity index (χ1v) is 10.9. The Hall–Kier alpha value is -2.12. The molecule has 0 aromatic heterocycles. The number of hydrogen-bond acceptors (Lipinski definition) is 5. The number of carbonyl (C=O) groups is 2. The van der Waals surface area contributed by atoms with Crippen LogP contribution in [0.5, 0.6) is 0 Å². The molecule has 2 aliphatic rings. The number of anilines is 1. The first-order valence-electron chi connectivity index (χ1n) is 10.9. The zero-order valence-electron chi connectivity index (χ0n) is 18.6. The summed E-state index contributed by atoms with van der Waals surface area (Å²) >= 11 is 0. The molecule has 1 atom stereocenters. The van der Waals surface area contributed by atoms with Gasteiger partial charge in [-0.15, -0.1) is 0 Å². The summed E-state index contributed by atoms with van der Waals surface area (Å²) in [5.41, 5.74) is 0.367. The van der Waals surface area contributed by atoms with Crippen molar-refractivity contribution in [3.63, 3.8) is 0 Å². The Kier molecular flexibility index (Phi) is 7.03. The third-order valence-electron chi connectivity index (χ3n) is 5.84. The highest BCUT2D eigenvalue weighted by atomic mass is 16.6. The van der Waals surface area contributed by atoms with E-state index in [9.17, 15) is 9.59 Å². The fourth-order valence-corrected chi connectivity index (χ4v) is 4.13. The molecule has 30 heavy (non-hydrogen) atoms. The van der Waals surface area contributed by atoms with E-state index in [0.29, 0.717) is 24.6 Å². The van der Waals surface area contributed by atoms with E-state index in [1.54, 1.807) is 0 Å². The van der Waals surface area contributed by atoms with Crippen molar-refractivity contribution in [3.8, 4) is 0 Å². The van der Waals surface area contributed by atoms with Gasteiger partial charge in [0, 0.05) is 24.8 Å². The van der Waals surface area contributed by atoms with Gasteiger partial charge in [0.2, 0.25) is 0 Å². The summed E-state index contributed by atoms with van der Waals surface area (Å²) in [6, 6.07) is 7.80. The first kappa shape index (κ1) is 22.6. The highest BCUT2D eigenvalue weighted by molar-refractivity contribution is 5.94. The van der Waals surface area contributed by atoms with Crippen molar-refractivity contribution in [2.45, 2.75) is 70.6 Å². The largest absolute Gasteiger partial charge is 0.458 e. The highest BCUT2D eigenvalue weighted by Gasteiger charge is 2.45. The average Bonchev–Trinajstić information content (AvgIpc) is 3.17. The van der Waals surface area contributed by atoms with Gasteiger partial charge < -0.3 is 20.1 Å². The molecule has 3 rings (SSSR count). The number of benzene rings is 1. The van der Waals surface area contributed by atoms with Gasteiger partial charge in [-0.2, -0.15) is 0 Å². The second kappa shape index (κ2) is 9.35. The maximum Gasteiger partial charge on any atom is 0.332 e. The van der Waals surface area contributed by atoms with Crippen LogP contribution in [0, 0.1) is 0 Å². The van der Waals surface area contributed by atoms with E-state index < -0.39 is 11.1 Å². The number of amides is 2. The molecule has 1 heterocycles. The van der Waals surface area contributed by atoms with Crippen LogP contribution < -0.4 is 10.6 Å². The van der Waals surface area contributed by atoms with Crippen molar-refractivity contribution in [2.75, 3.05) is 31.6 Å². The molecule has 7 heteroatoms. The van der Waals surface area contributed by atoms with Crippen LogP contribution in [0.25, 0.3) is 0 Å². The van der Waals surface area contributed by atoms with Crippen molar-refractivity contribution in [2.24, 2.45) is 0 Å². The van der Waals surface area contributed by atoms with Crippen LogP contribution in [0.4, 0.5) is 10.5 Å². The monoisotopic (exact) mass is 417 g/mol. The van der Waals surface area contributed by atoms with Crippen LogP contribution >= 0.6 is 0 Å². The van der Waals surface area contributed by atoms with Crippen LogP contribution in [0.3, 0.4) is 0 Å². The van der Waals surface area contributed by atoms with Crippen LogP contribution in [0.15, 0.2) is 24.3 Å². The fourth-order valence-electron chi connectivity index (χ4n) is 4.13. The molecule has 1 aromatic carbocycles. The Morgan fingerprint density at radius 1 is 1.10 bits per heavy atom. The Bertz CT molecular complexity index is 730. The van der Waals surface area contributed by atoms with Crippen LogP contribution in [-0.4, -0.2) is 54.3 Å². The second-order valence-electron chi connectivity index (χ2n) is 9.32. The van der Waals surface area contributed by atoms with E-state index in [0.717, 1.165) is 39.1 Å². The average molecular weight is 418 g/mol. The van der Waals surface area contributed by atoms with Crippen molar-refractivity contribution in [1.82, 2.24) is 10.2 Å². The zero-order chi connectivity index (χ0) is 21.8. The van der Waals surface area contributed by atoms with E-state index in [1.165, 1.54) is 5.56 Å². The minimum absolute atomic E-state index is 0.297. The van der Waals surface area contributed by atoms with E-state index >= 15 is 0 Å². The molecule has 1 aromatic rings. The van der Waals surface area contributed by atoms with Crippen molar-refractivity contribution in [1.29, 1.82) is 0 Å². The standard InChI is InChI=1S/C23H35N3O4/c1-17(26-13-15-29-16-14-26)18-7-9-19(10-8-18)24-21(28)25-23(11-5-6-12-23)20(27)30-22(2,3)4/h7-10,17H,5-6,11-16H2,1-4H3,(H2,24,25,28)/t17-/m0/s1. The topological polar surface area (TPSA) is 79.9 Å². The van der Waals surface area contributed by atoms with Crippen LogP contribution in [0.2, 0.25) is 0 Å². The number of carbonyl (C=O) groups excluding carboxylic acids is 2. The molecule has 2 amide bonds. The van der Waals surface area contributed by atoms with Crippen molar-refractivity contribution >= 4 is 17.7 Å². The summed E-state index contributed by atoms with van der Waals surface area (Å²) in [5, 5.41) is 5.77. The third kappa shape index (κ3) is 5.73. The predicted octanol–water partition coefficient (Wildman–Crippen LogP) is 3.86. The van der Waals surface area contributed by atoms with E-state index in [1.807, 2.05) is 45.0 Å². The Labute approximate surface area is 179 Å². The number of esters is 1. The number of nitrogens with one attached hydrogen (secondary N) is 2. The fraction of sp³-hybridized carbons (Fsp3) is 0.652. The number of hydrogen-bond donors (Lipinski definition) is 2. The normalized spacial score (nSPS) is 20.4. The number of morpholine rings is 1. The summed E-state index contributed by atoms with van der Waals surface area (Å²) < 4.78 is 11.0. The van der Waals surface area contributed by atoms with Crippen molar-refractivity contribution < 1.29 is 19.1 Å². The lowest BCUT2D eigenvalue weighted by atomic mass is 9.97.